The van der Waals surface area contributed by atoms with Crippen LogP contribution >= 0.6 is 11.3 Å². The van der Waals surface area contributed by atoms with E-state index in [1.807, 2.05) is 43.3 Å². The highest BCUT2D eigenvalue weighted by atomic mass is 32.1. The van der Waals surface area contributed by atoms with Crippen molar-refractivity contribution in [3.05, 3.63) is 52.2 Å². The number of oxime groups is 1. The number of ether oxygens (including phenoxy) is 1. The van der Waals surface area contributed by atoms with E-state index in [4.69, 9.17) is 15.3 Å². The summed E-state index contributed by atoms with van der Waals surface area (Å²) < 4.78 is 5.38. The number of hydrogen-bond acceptors (Lipinski definition) is 11. The largest absolute Gasteiger partial charge is 0.463 e. The average Bonchev–Trinajstić information content (AvgIpc) is 3.37. The van der Waals surface area contributed by atoms with Crippen molar-refractivity contribution >= 4 is 45.8 Å². The maximum absolute atomic E-state index is 13.2. The van der Waals surface area contributed by atoms with Gasteiger partial charge in [-0.1, -0.05) is 17.3 Å². The first-order valence-corrected chi connectivity index (χ1v) is 13.7. The third-order valence-electron chi connectivity index (χ3n) is 6.58. The summed E-state index contributed by atoms with van der Waals surface area (Å²) >= 11 is 1.22. The molecule has 4 rings (SSSR count). The second-order valence-electron chi connectivity index (χ2n) is 9.39. The van der Waals surface area contributed by atoms with Gasteiger partial charge in [0.15, 0.2) is 10.8 Å². The van der Waals surface area contributed by atoms with Crippen molar-refractivity contribution in [2.75, 3.05) is 71.2 Å². The normalized spacial score (nSPS) is 18.2. The molecule has 3 heterocycles. The molecule has 0 spiro atoms. The maximum Gasteiger partial charge on any atom is 0.338 e. The van der Waals surface area contributed by atoms with Crippen LogP contribution in [-0.4, -0.2) is 98.9 Å². The number of thiazole rings is 1. The number of piperazine rings is 1. The lowest BCUT2D eigenvalue weighted by atomic mass is 9.94. The Balaban J connectivity index is 1.52. The number of hydrogen-bond donors (Lipinski definition) is 3. The molecule has 214 valence electrons. The highest BCUT2D eigenvalue weighted by Crippen LogP contribution is 2.29. The predicted octanol–water partition coefficient (Wildman–Crippen LogP) is 1.16. The second kappa shape index (κ2) is 12.8. The van der Waals surface area contributed by atoms with Crippen LogP contribution in [0.1, 0.15) is 24.2 Å². The zero-order valence-electron chi connectivity index (χ0n) is 23.0. The Bertz CT molecular complexity index is 1300. The molecule has 2 aromatic rings. The quantitative estimate of drug-likeness (QED) is 0.229. The summed E-state index contributed by atoms with van der Waals surface area (Å²) in [6.07, 6.45) is 0. The molecule has 1 atom stereocenters. The number of aromatic nitrogens is 1. The molecule has 1 aromatic carbocycles. The van der Waals surface area contributed by atoms with Crippen molar-refractivity contribution < 1.29 is 24.0 Å². The number of nitrogen functional groups attached to an aromatic ring is 1. The first-order valence-electron chi connectivity index (χ1n) is 12.8. The van der Waals surface area contributed by atoms with Gasteiger partial charge in [-0.2, -0.15) is 0 Å². The molecule has 2 aliphatic heterocycles. The number of esters is 1. The first-order chi connectivity index (χ1) is 19.2. The molecule has 2 aliphatic rings. The number of carbonyl (C=O) groups is 3. The lowest BCUT2D eigenvalue weighted by Gasteiger charge is -2.37. The number of amides is 3. The molecule has 1 saturated heterocycles. The summed E-state index contributed by atoms with van der Waals surface area (Å²) in [5.41, 5.74) is 8.78. The third kappa shape index (κ3) is 6.51. The number of carbonyl (C=O) groups excluding carboxylic acids is 3. The Kier molecular flexibility index (Phi) is 9.22. The standard InChI is InChI=1S/C26H34N8O5S/c1-5-39-24(36)20-18(29-26(37)30-21(20)16-6-8-17(9-7-16)32(2)3)14-33-10-12-34(13-11-33)23(35)22(31-38-4)19-15-40-25(27)28-19/h6-9,15,21H,5,10-14H2,1-4H3,(H2,27,28)(H2,29,30,37)/b31-22+. The van der Waals surface area contributed by atoms with Gasteiger partial charge in [-0.25, -0.2) is 14.6 Å². The topological polar surface area (TPSA) is 155 Å². The molecule has 40 heavy (non-hydrogen) atoms. The SMILES string of the molecule is CCOC(=O)C1=C(CN2CCN(C(=O)/C(=N/OC)c3csc(N)n3)CC2)NC(=O)NC1c1ccc(N(C)C)cc1. The number of urea groups is 1. The summed E-state index contributed by atoms with van der Waals surface area (Å²) in [5, 5.41) is 11.6. The monoisotopic (exact) mass is 570 g/mol. The van der Waals surface area contributed by atoms with Crippen molar-refractivity contribution in [2.24, 2.45) is 5.16 Å². The van der Waals surface area contributed by atoms with Gasteiger partial charge >= 0.3 is 12.0 Å². The van der Waals surface area contributed by atoms with E-state index in [0.717, 1.165) is 11.3 Å². The van der Waals surface area contributed by atoms with Gasteiger partial charge in [-0.05, 0) is 24.6 Å². The van der Waals surface area contributed by atoms with E-state index in [-0.39, 0.29) is 18.2 Å². The molecule has 1 unspecified atom stereocenters. The van der Waals surface area contributed by atoms with Crippen molar-refractivity contribution in [1.82, 2.24) is 25.4 Å². The minimum Gasteiger partial charge on any atom is -0.463 e. The van der Waals surface area contributed by atoms with Crippen LogP contribution in [0, 0.1) is 0 Å². The molecule has 0 aliphatic carbocycles. The van der Waals surface area contributed by atoms with Crippen LogP contribution in [0.5, 0.6) is 0 Å². The van der Waals surface area contributed by atoms with E-state index in [9.17, 15) is 14.4 Å². The Morgan fingerprint density at radius 1 is 1.20 bits per heavy atom. The molecular formula is C26H34N8O5S. The van der Waals surface area contributed by atoms with Crippen molar-refractivity contribution in [3.8, 4) is 0 Å². The Morgan fingerprint density at radius 3 is 2.48 bits per heavy atom. The van der Waals surface area contributed by atoms with Crippen molar-refractivity contribution in [1.29, 1.82) is 0 Å². The van der Waals surface area contributed by atoms with E-state index < -0.39 is 18.0 Å². The number of benzene rings is 1. The molecule has 13 nitrogen and oxygen atoms in total. The van der Waals surface area contributed by atoms with E-state index in [2.05, 4.69) is 25.7 Å². The van der Waals surface area contributed by atoms with Crippen LogP contribution in [0.3, 0.4) is 0 Å². The van der Waals surface area contributed by atoms with Gasteiger partial charge in [0.25, 0.3) is 5.91 Å². The lowest BCUT2D eigenvalue weighted by Crippen LogP contribution is -2.53. The number of nitrogens with one attached hydrogen (secondary N) is 2. The summed E-state index contributed by atoms with van der Waals surface area (Å²) in [4.78, 5) is 53.8. The minimum atomic E-state index is -0.666. The summed E-state index contributed by atoms with van der Waals surface area (Å²) in [6.45, 7) is 4.08. The molecular weight excluding hydrogens is 536 g/mol. The van der Waals surface area contributed by atoms with Gasteiger partial charge in [0.1, 0.15) is 12.8 Å². The first kappa shape index (κ1) is 28.8. The zero-order valence-corrected chi connectivity index (χ0v) is 23.8. The van der Waals surface area contributed by atoms with Gasteiger partial charge in [-0.15, -0.1) is 11.3 Å². The van der Waals surface area contributed by atoms with Crippen LogP contribution in [-0.2, 0) is 19.2 Å². The fourth-order valence-electron chi connectivity index (χ4n) is 4.57. The number of nitrogens with two attached hydrogens (primary N) is 1. The smallest absolute Gasteiger partial charge is 0.338 e. The Hall–Kier alpha value is -4.17. The number of anilines is 2. The van der Waals surface area contributed by atoms with Gasteiger partial charge in [0.05, 0.1) is 18.2 Å². The molecule has 0 radical (unpaired) electrons. The van der Waals surface area contributed by atoms with E-state index in [1.165, 1.54) is 18.4 Å². The number of rotatable bonds is 9. The molecule has 1 aromatic heterocycles. The molecule has 14 heteroatoms. The van der Waals surface area contributed by atoms with Gasteiger partial charge in [0.2, 0.25) is 0 Å². The fourth-order valence-corrected chi connectivity index (χ4v) is 5.12. The summed E-state index contributed by atoms with van der Waals surface area (Å²) in [6, 6.07) is 6.58. The molecule has 3 amide bonds. The van der Waals surface area contributed by atoms with Crippen LogP contribution in [0.2, 0.25) is 0 Å². The van der Waals surface area contributed by atoms with Gasteiger partial charge in [0, 0.05) is 63.6 Å². The van der Waals surface area contributed by atoms with E-state index >= 15 is 0 Å². The molecule has 1 fully saturated rings. The molecule has 0 saturated carbocycles. The average molecular weight is 571 g/mol. The lowest BCUT2D eigenvalue weighted by molar-refractivity contribution is -0.139. The zero-order chi connectivity index (χ0) is 28.8. The fraction of sp³-hybridized carbons (Fsp3) is 0.423. The van der Waals surface area contributed by atoms with E-state index in [0.29, 0.717) is 54.8 Å². The van der Waals surface area contributed by atoms with Crippen LogP contribution in [0.15, 0.2) is 46.1 Å². The summed E-state index contributed by atoms with van der Waals surface area (Å²) in [5.74, 6) is -0.807. The number of nitrogens with zero attached hydrogens (tertiary/aromatic N) is 5. The highest BCUT2D eigenvalue weighted by molar-refractivity contribution is 7.13. The van der Waals surface area contributed by atoms with Crippen molar-refractivity contribution in [2.45, 2.75) is 13.0 Å². The Morgan fingerprint density at radius 2 is 1.90 bits per heavy atom. The Labute approximate surface area is 236 Å². The molecule has 0 bridgehead atoms. The third-order valence-corrected chi connectivity index (χ3v) is 7.26. The second-order valence-corrected chi connectivity index (χ2v) is 10.3. The van der Waals surface area contributed by atoms with Crippen LogP contribution < -0.4 is 21.3 Å². The maximum atomic E-state index is 13.2. The van der Waals surface area contributed by atoms with Gasteiger partial charge < -0.3 is 35.7 Å². The molecule has 4 N–H and O–H groups in total. The summed E-state index contributed by atoms with van der Waals surface area (Å²) in [7, 11) is 5.25. The highest BCUT2D eigenvalue weighted by Gasteiger charge is 2.35. The van der Waals surface area contributed by atoms with Crippen LogP contribution in [0.4, 0.5) is 15.6 Å². The van der Waals surface area contributed by atoms with Crippen LogP contribution in [0.25, 0.3) is 0 Å². The predicted molar refractivity (Wildman–Crippen MR) is 152 cm³/mol. The van der Waals surface area contributed by atoms with Gasteiger partial charge in [-0.3, -0.25) is 9.69 Å². The van der Waals surface area contributed by atoms with E-state index in [1.54, 1.807) is 17.2 Å². The minimum absolute atomic E-state index is 0.0879. The van der Waals surface area contributed by atoms with Crippen molar-refractivity contribution in [3.63, 3.8) is 0 Å².